The lowest BCUT2D eigenvalue weighted by atomic mass is 9.95. The van der Waals surface area contributed by atoms with Gasteiger partial charge < -0.3 is 26.2 Å². The number of hydrogen-bond acceptors (Lipinski definition) is 5. The molecule has 4 amide bonds. The third kappa shape index (κ3) is 22.1. The first-order chi connectivity index (χ1) is 18.3. The maximum Gasteiger partial charge on any atom is 0.289 e. The topological polar surface area (TPSA) is 138 Å². The van der Waals surface area contributed by atoms with Crippen molar-refractivity contribution in [2.24, 2.45) is 11.8 Å². The van der Waals surface area contributed by atoms with Gasteiger partial charge in [-0.3, -0.25) is 24.0 Å². The Morgan fingerprint density at radius 3 is 1.82 bits per heavy atom. The van der Waals surface area contributed by atoms with Crippen LogP contribution in [0.5, 0.6) is 0 Å². The zero-order valence-corrected chi connectivity index (χ0v) is 26.1. The molecule has 10 nitrogen and oxygen atoms in total. The highest BCUT2D eigenvalue weighted by Crippen LogP contribution is 2.17. The molecule has 228 valence electrons. The molecule has 0 aromatic heterocycles. The molecule has 1 aliphatic rings. The molecule has 0 aromatic rings. The first-order valence-electron chi connectivity index (χ1n) is 14.8. The number of rotatable bonds is 13. The zero-order chi connectivity index (χ0) is 30.4. The van der Waals surface area contributed by atoms with Crippen molar-refractivity contribution >= 4 is 29.4 Å². The predicted molar refractivity (Wildman–Crippen MR) is 156 cm³/mol. The SMILES string of the molecule is CC(C)C.CCC.CCC(CC[NH+](C)C)C(=O)NCC(=O)N[C@@H](C)C(=O)NCC(=O)C(=O)NC1CCCCC1. The normalized spacial score (nSPS) is 14.5. The minimum absolute atomic E-state index is 0.0146. The molecule has 1 rings (SSSR count). The minimum atomic E-state index is -0.909. The van der Waals surface area contributed by atoms with Crippen LogP contribution in [0.4, 0.5) is 0 Å². The molecule has 0 radical (unpaired) electrons. The molecule has 1 fully saturated rings. The second kappa shape index (κ2) is 23.4. The predicted octanol–water partition coefficient (Wildman–Crippen LogP) is 1.38. The van der Waals surface area contributed by atoms with Crippen molar-refractivity contribution in [3.8, 4) is 0 Å². The van der Waals surface area contributed by atoms with E-state index in [1.165, 1.54) is 18.2 Å². The van der Waals surface area contributed by atoms with E-state index in [1.54, 1.807) is 0 Å². The fraction of sp³-hybridized carbons (Fsp3) is 0.828. The van der Waals surface area contributed by atoms with E-state index < -0.39 is 36.1 Å². The number of ketones is 1. The van der Waals surface area contributed by atoms with Gasteiger partial charge in [0.05, 0.1) is 33.7 Å². The quantitative estimate of drug-likeness (QED) is 0.218. The highest BCUT2D eigenvalue weighted by atomic mass is 16.2. The Kier molecular flexibility index (Phi) is 23.2. The lowest BCUT2D eigenvalue weighted by Crippen LogP contribution is -3.05. The third-order valence-electron chi connectivity index (χ3n) is 5.67. The van der Waals surface area contributed by atoms with Gasteiger partial charge in [-0.15, -0.1) is 0 Å². The van der Waals surface area contributed by atoms with Gasteiger partial charge in [0.15, 0.2) is 0 Å². The highest BCUT2D eigenvalue weighted by Gasteiger charge is 2.23. The van der Waals surface area contributed by atoms with Crippen molar-refractivity contribution in [2.75, 3.05) is 33.7 Å². The summed E-state index contributed by atoms with van der Waals surface area (Å²) in [7, 11) is 4.03. The molecule has 5 N–H and O–H groups in total. The van der Waals surface area contributed by atoms with Crippen molar-refractivity contribution in [1.29, 1.82) is 0 Å². The van der Waals surface area contributed by atoms with Gasteiger partial charge in [-0.1, -0.05) is 67.2 Å². The van der Waals surface area contributed by atoms with Crippen molar-refractivity contribution in [1.82, 2.24) is 21.3 Å². The molecule has 0 saturated heterocycles. The van der Waals surface area contributed by atoms with Crippen molar-refractivity contribution in [3.63, 3.8) is 0 Å². The summed E-state index contributed by atoms with van der Waals surface area (Å²) < 4.78 is 0. The molecule has 1 unspecified atom stereocenters. The van der Waals surface area contributed by atoms with E-state index in [0.29, 0.717) is 6.42 Å². The van der Waals surface area contributed by atoms with Crippen LogP contribution in [-0.4, -0.2) is 75.2 Å². The van der Waals surface area contributed by atoms with E-state index in [9.17, 15) is 24.0 Å². The number of quaternary nitrogens is 1. The second-order valence-corrected chi connectivity index (χ2v) is 11.2. The van der Waals surface area contributed by atoms with Gasteiger partial charge in [0.1, 0.15) is 6.04 Å². The summed E-state index contributed by atoms with van der Waals surface area (Å²) >= 11 is 0. The Bertz CT molecular complexity index is 718. The van der Waals surface area contributed by atoms with E-state index in [4.69, 9.17) is 0 Å². The fourth-order valence-electron chi connectivity index (χ4n) is 3.57. The van der Waals surface area contributed by atoms with Crippen LogP contribution in [0.2, 0.25) is 0 Å². The fourth-order valence-corrected chi connectivity index (χ4v) is 3.57. The molecule has 0 heterocycles. The maximum atomic E-state index is 12.2. The number of carbonyl (C=O) groups is 5. The summed E-state index contributed by atoms with van der Waals surface area (Å²) in [4.78, 5) is 61.6. The zero-order valence-electron chi connectivity index (χ0n) is 26.1. The van der Waals surface area contributed by atoms with E-state index in [1.807, 2.05) is 21.0 Å². The summed E-state index contributed by atoms with van der Waals surface area (Å²) in [5.41, 5.74) is 0. The number of carbonyl (C=O) groups excluding carboxylic acids is 5. The van der Waals surface area contributed by atoms with Crippen LogP contribution in [0.25, 0.3) is 0 Å². The smallest absolute Gasteiger partial charge is 0.289 e. The summed E-state index contributed by atoms with van der Waals surface area (Å²) in [5.74, 6) is -2.02. The Labute approximate surface area is 237 Å². The molecule has 0 bridgehead atoms. The molecular formula is C29H58N5O5+. The third-order valence-corrected chi connectivity index (χ3v) is 5.67. The van der Waals surface area contributed by atoms with Crippen LogP contribution in [0.15, 0.2) is 0 Å². The van der Waals surface area contributed by atoms with Crippen molar-refractivity contribution in [3.05, 3.63) is 0 Å². The Morgan fingerprint density at radius 2 is 1.33 bits per heavy atom. The number of Topliss-reactive ketones (excluding diaryl/α,β-unsaturated/α-hetero) is 1. The Morgan fingerprint density at radius 1 is 0.821 bits per heavy atom. The van der Waals surface area contributed by atoms with Crippen molar-refractivity contribution < 1.29 is 28.9 Å². The van der Waals surface area contributed by atoms with Crippen LogP contribution in [-0.2, 0) is 24.0 Å². The largest absolute Gasteiger partial charge is 0.347 e. The first kappa shape index (κ1) is 38.7. The van der Waals surface area contributed by atoms with Crippen molar-refractivity contribution in [2.45, 2.75) is 112 Å². The van der Waals surface area contributed by atoms with Gasteiger partial charge in [-0.25, -0.2) is 0 Å². The van der Waals surface area contributed by atoms with E-state index in [0.717, 1.165) is 51.0 Å². The second-order valence-electron chi connectivity index (χ2n) is 11.2. The highest BCUT2D eigenvalue weighted by molar-refractivity contribution is 6.37. The van der Waals surface area contributed by atoms with Crippen LogP contribution in [0, 0.1) is 11.8 Å². The molecule has 1 aliphatic carbocycles. The van der Waals surface area contributed by atoms with Crippen LogP contribution >= 0.6 is 0 Å². The lowest BCUT2D eigenvalue weighted by molar-refractivity contribution is -0.858. The molecule has 0 spiro atoms. The Hall–Kier alpha value is -2.49. The van der Waals surface area contributed by atoms with E-state index >= 15 is 0 Å². The Balaban J connectivity index is 0. The van der Waals surface area contributed by atoms with E-state index in [2.05, 4.69) is 55.9 Å². The van der Waals surface area contributed by atoms with Crippen LogP contribution in [0.3, 0.4) is 0 Å². The van der Waals surface area contributed by atoms with Gasteiger partial charge in [0.25, 0.3) is 5.91 Å². The van der Waals surface area contributed by atoms with E-state index in [-0.39, 0.29) is 24.4 Å². The van der Waals surface area contributed by atoms with Gasteiger partial charge in [-0.05, 0) is 32.1 Å². The summed E-state index contributed by atoms with van der Waals surface area (Å²) in [6.45, 7) is 14.3. The summed E-state index contributed by atoms with van der Waals surface area (Å²) in [6.07, 6.45) is 7.59. The molecule has 1 saturated carbocycles. The number of hydrogen-bond donors (Lipinski definition) is 5. The molecule has 0 aromatic carbocycles. The minimum Gasteiger partial charge on any atom is -0.347 e. The lowest BCUT2D eigenvalue weighted by Gasteiger charge is -2.22. The first-order valence-corrected chi connectivity index (χ1v) is 14.8. The molecule has 39 heavy (non-hydrogen) atoms. The van der Waals surface area contributed by atoms with Crippen LogP contribution < -0.4 is 26.2 Å². The molecule has 10 heteroatoms. The van der Waals surface area contributed by atoms with Gasteiger partial charge in [0, 0.05) is 18.4 Å². The monoisotopic (exact) mass is 556 g/mol. The standard InChI is InChI=1S/C22H39N5O5.C4H10.C3H8/c1-5-16(11-12-27(3)4)21(31)24-14-19(29)25-15(2)20(30)23-13-18(28)22(32)26-17-9-7-6-8-10-17;1-4(2)3;1-3-2/h15-17H,5-14H2,1-4H3,(H,23,30)(H,24,31)(H,25,29)(H,26,32);4H,1-3H3;3H2,1-2H3/p+1/t15-,16?;;/m0../s1. The summed E-state index contributed by atoms with van der Waals surface area (Å²) in [5, 5.41) is 10.2. The average molecular weight is 557 g/mol. The van der Waals surface area contributed by atoms with Gasteiger partial charge in [-0.2, -0.15) is 0 Å². The average Bonchev–Trinajstić information content (AvgIpc) is 2.86. The summed E-state index contributed by atoms with van der Waals surface area (Å²) in [6, 6.07) is -0.895. The maximum absolute atomic E-state index is 12.2. The molecular weight excluding hydrogens is 498 g/mol. The number of nitrogens with one attached hydrogen (secondary N) is 5. The molecule has 2 atom stereocenters. The van der Waals surface area contributed by atoms with Gasteiger partial charge >= 0.3 is 0 Å². The van der Waals surface area contributed by atoms with Gasteiger partial charge in [0.2, 0.25) is 23.5 Å². The number of amides is 4. The molecule has 0 aliphatic heterocycles. The van der Waals surface area contributed by atoms with Crippen LogP contribution in [0.1, 0.15) is 99.8 Å².